The highest BCUT2D eigenvalue weighted by Crippen LogP contribution is 2.43. The van der Waals surface area contributed by atoms with E-state index >= 15 is 0 Å². The van der Waals surface area contributed by atoms with Gasteiger partial charge in [0.05, 0.1) is 18.7 Å². The molecule has 1 heterocycles. The molecule has 3 aromatic carbocycles. The molecule has 0 radical (unpaired) electrons. The van der Waals surface area contributed by atoms with Crippen molar-refractivity contribution in [1.29, 1.82) is 0 Å². The lowest BCUT2D eigenvalue weighted by Gasteiger charge is -2.26. The number of hydrogen-bond donors (Lipinski definition) is 1. The number of halogens is 2. The lowest BCUT2D eigenvalue weighted by Crippen LogP contribution is -2.29. The van der Waals surface area contributed by atoms with E-state index in [0.717, 1.165) is 10.0 Å². The number of aryl methyl sites for hydroxylation is 1. The molecular formula is C25H19BrClNO4. The van der Waals surface area contributed by atoms with Crippen LogP contribution in [0.15, 0.2) is 76.8 Å². The monoisotopic (exact) mass is 511 g/mol. The second kappa shape index (κ2) is 8.81. The highest BCUT2D eigenvalue weighted by Gasteiger charge is 2.47. The molecule has 5 nitrogen and oxygen atoms in total. The maximum absolute atomic E-state index is 13.2. The van der Waals surface area contributed by atoms with E-state index in [9.17, 15) is 14.7 Å². The van der Waals surface area contributed by atoms with E-state index in [-0.39, 0.29) is 11.3 Å². The van der Waals surface area contributed by atoms with Crippen LogP contribution in [-0.4, -0.2) is 23.9 Å². The van der Waals surface area contributed by atoms with Crippen LogP contribution < -0.4 is 9.64 Å². The Morgan fingerprint density at radius 3 is 2.44 bits per heavy atom. The first-order chi connectivity index (χ1) is 15.3. The zero-order chi connectivity index (χ0) is 23.0. The summed E-state index contributed by atoms with van der Waals surface area (Å²) in [6.07, 6.45) is 0. The summed E-state index contributed by atoms with van der Waals surface area (Å²) >= 11 is 9.47. The summed E-state index contributed by atoms with van der Waals surface area (Å²) < 4.78 is 6.15. The molecule has 4 rings (SSSR count). The van der Waals surface area contributed by atoms with Crippen molar-refractivity contribution >= 4 is 50.7 Å². The predicted octanol–water partition coefficient (Wildman–Crippen LogP) is 6.05. The molecule has 1 amide bonds. The van der Waals surface area contributed by atoms with Crippen molar-refractivity contribution < 1.29 is 19.4 Å². The Labute approximate surface area is 199 Å². The summed E-state index contributed by atoms with van der Waals surface area (Å²) in [4.78, 5) is 27.8. The predicted molar refractivity (Wildman–Crippen MR) is 128 cm³/mol. The fourth-order valence-corrected chi connectivity index (χ4v) is 4.21. The molecular weight excluding hydrogens is 494 g/mol. The van der Waals surface area contributed by atoms with Crippen molar-refractivity contribution in [1.82, 2.24) is 0 Å². The third-order valence-electron chi connectivity index (χ3n) is 5.41. The molecule has 1 N–H and O–H groups in total. The van der Waals surface area contributed by atoms with Gasteiger partial charge in [0.25, 0.3) is 11.7 Å². The summed E-state index contributed by atoms with van der Waals surface area (Å²) in [7, 11) is 1.54. The first-order valence-corrected chi connectivity index (χ1v) is 11.0. The van der Waals surface area contributed by atoms with E-state index in [2.05, 4.69) is 15.9 Å². The fourth-order valence-electron chi connectivity index (χ4n) is 3.72. The fraction of sp³-hybridized carbons (Fsp3) is 0.120. The third kappa shape index (κ3) is 3.92. The standard InChI is InChI=1S/C25H19BrClNO4/c1-14-6-11-18(13-20(14)26)28-22(16-4-3-5-19(12-16)32-2)21(24(30)25(28)31)23(29)15-7-9-17(27)10-8-15/h3-13,22,29H,1-2H3/b23-21-. The maximum Gasteiger partial charge on any atom is 0.300 e. The SMILES string of the molecule is COc1cccc(C2/C(=C(/O)c3ccc(Cl)cc3)C(=O)C(=O)N2c2ccc(C)c(Br)c2)c1. The van der Waals surface area contributed by atoms with Gasteiger partial charge in [-0.3, -0.25) is 14.5 Å². The number of ketones is 1. The first-order valence-electron chi connectivity index (χ1n) is 9.79. The maximum atomic E-state index is 13.2. The van der Waals surface area contributed by atoms with Gasteiger partial charge in [-0.25, -0.2) is 0 Å². The Bertz CT molecular complexity index is 1250. The smallest absolute Gasteiger partial charge is 0.300 e. The zero-order valence-electron chi connectivity index (χ0n) is 17.3. The van der Waals surface area contributed by atoms with Gasteiger partial charge >= 0.3 is 0 Å². The molecule has 0 spiro atoms. The van der Waals surface area contributed by atoms with Crippen molar-refractivity contribution in [3.05, 3.63) is 98.5 Å². The van der Waals surface area contributed by atoms with Crippen molar-refractivity contribution in [2.45, 2.75) is 13.0 Å². The molecule has 1 aliphatic rings. The Hall–Kier alpha value is -3.09. The van der Waals surface area contributed by atoms with Gasteiger partial charge in [0.2, 0.25) is 0 Å². The van der Waals surface area contributed by atoms with E-state index < -0.39 is 17.7 Å². The highest BCUT2D eigenvalue weighted by molar-refractivity contribution is 9.10. The minimum Gasteiger partial charge on any atom is -0.507 e. The third-order valence-corrected chi connectivity index (χ3v) is 6.51. The topological polar surface area (TPSA) is 66.8 Å². The number of rotatable bonds is 4. The number of Topliss-reactive ketones (excluding diaryl/α,β-unsaturated/α-hetero) is 1. The summed E-state index contributed by atoms with van der Waals surface area (Å²) in [6, 6.07) is 18.1. The molecule has 1 saturated heterocycles. The van der Waals surface area contributed by atoms with Gasteiger partial charge < -0.3 is 9.84 Å². The number of ether oxygens (including phenoxy) is 1. The average Bonchev–Trinajstić information content (AvgIpc) is 3.06. The van der Waals surface area contributed by atoms with E-state index in [1.807, 2.05) is 13.0 Å². The van der Waals surface area contributed by atoms with Gasteiger partial charge in [-0.2, -0.15) is 0 Å². The second-order valence-electron chi connectivity index (χ2n) is 7.39. The number of amides is 1. The molecule has 32 heavy (non-hydrogen) atoms. The lowest BCUT2D eigenvalue weighted by molar-refractivity contribution is -0.132. The Balaban J connectivity index is 1.96. The Morgan fingerprint density at radius 1 is 1.06 bits per heavy atom. The van der Waals surface area contributed by atoms with Crippen molar-refractivity contribution in [3.63, 3.8) is 0 Å². The van der Waals surface area contributed by atoms with Crippen LogP contribution >= 0.6 is 27.5 Å². The van der Waals surface area contributed by atoms with Gasteiger partial charge in [0.15, 0.2) is 0 Å². The van der Waals surface area contributed by atoms with Crippen LogP contribution in [0.3, 0.4) is 0 Å². The summed E-state index contributed by atoms with van der Waals surface area (Å²) in [5.41, 5.74) is 2.56. The van der Waals surface area contributed by atoms with Crippen LogP contribution in [0.5, 0.6) is 5.75 Å². The number of methoxy groups -OCH3 is 1. The minimum absolute atomic E-state index is 0.00210. The van der Waals surface area contributed by atoms with Gasteiger partial charge in [0.1, 0.15) is 11.5 Å². The van der Waals surface area contributed by atoms with Crippen LogP contribution in [0.1, 0.15) is 22.7 Å². The highest BCUT2D eigenvalue weighted by atomic mass is 79.9. The number of carbonyl (C=O) groups excluding carboxylic acids is 2. The molecule has 7 heteroatoms. The van der Waals surface area contributed by atoms with E-state index in [4.69, 9.17) is 16.3 Å². The van der Waals surface area contributed by atoms with Crippen molar-refractivity contribution in [3.8, 4) is 5.75 Å². The van der Waals surface area contributed by atoms with Gasteiger partial charge in [-0.15, -0.1) is 0 Å². The number of aliphatic hydroxyl groups excluding tert-OH is 1. The molecule has 0 aliphatic carbocycles. The summed E-state index contributed by atoms with van der Waals surface area (Å²) in [5, 5.41) is 11.6. The number of hydrogen-bond acceptors (Lipinski definition) is 4. The van der Waals surface area contributed by atoms with Gasteiger partial charge in [-0.1, -0.05) is 45.7 Å². The van der Waals surface area contributed by atoms with E-state index in [1.54, 1.807) is 67.8 Å². The van der Waals surface area contributed by atoms with Gasteiger partial charge in [-0.05, 0) is 66.6 Å². The molecule has 0 saturated carbocycles. The molecule has 1 atom stereocenters. The number of carbonyl (C=O) groups is 2. The van der Waals surface area contributed by atoms with Crippen LogP contribution in [-0.2, 0) is 9.59 Å². The summed E-state index contributed by atoms with van der Waals surface area (Å²) in [6.45, 7) is 1.93. The van der Waals surface area contributed by atoms with Crippen LogP contribution in [0.2, 0.25) is 5.02 Å². The Kier molecular flexibility index (Phi) is 6.09. The van der Waals surface area contributed by atoms with Crippen LogP contribution in [0, 0.1) is 6.92 Å². The largest absolute Gasteiger partial charge is 0.507 e. The van der Waals surface area contributed by atoms with Crippen molar-refractivity contribution in [2.75, 3.05) is 12.0 Å². The van der Waals surface area contributed by atoms with E-state index in [1.165, 1.54) is 4.90 Å². The number of nitrogens with zero attached hydrogens (tertiary/aromatic N) is 1. The van der Waals surface area contributed by atoms with Crippen molar-refractivity contribution in [2.24, 2.45) is 0 Å². The quantitative estimate of drug-likeness (QED) is 0.263. The number of aliphatic hydroxyl groups is 1. The second-order valence-corrected chi connectivity index (χ2v) is 8.68. The first kappa shape index (κ1) is 22.1. The number of benzene rings is 3. The molecule has 1 fully saturated rings. The average molecular weight is 513 g/mol. The van der Waals surface area contributed by atoms with Crippen LogP contribution in [0.4, 0.5) is 5.69 Å². The molecule has 162 valence electrons. The lowest BCUT2D eigenvalue weighted by atomic mass is 9.95. The number of anilines is 1. The zero-order valence-corrected chi connectivity index (χ0v) is 19.6. The molecule has 3 aromatic rings. The molecule has 1 aliphatic heterocycles. The van der Waals surface area contributed by atoms with Crippen LogP contribution in [0.25, 0.3) is 5.76 Å². The summed E-state index contributed by atoms with van der Waals surface area (Å²) in [5.74, 6) is -1.17. The molecule has 1 unspecified atom stereocenters. The minimum atomic E-state index is -0.838. The molecule has 0 aromatic heterocycles. The Morgan fingerprint density at radius 2 is 1.78 bits per heavy atom. The molecule has 0 bridgehead atoms. The van der Waals surface area contributed by atoms with Gasteiger partial charge in [0, 0.05) is 20.7 Å². The normalized spacial score (nSPS) is 17.6. The van der Waals surface area contributed by atoms with E-state index in [0.29, 0.717) is 27.6 Å².